The minimum absolute atomic E-state index is 0.701. The molecule has 1 atom stereocenters. The van der Waals surface area contributed by atoms with Gasteiger partial charge in [0.2, 0.25) is 0 Å². The lowest BCUT2D eigenvalue weighted by Crippen LogP contribution is -1.95. The van der Waals surface area contributed by atoms with Crippen LogP contribution < -0.4 is 0 Å². The molecule has 0 aliphatic heterocycles. The van der Waals surface area contributed by atoms with Gasteiger partial charge in [-0.2, -0.15) is 0 Å². The monoisotopic (exact) mass is 250 g/mol. The fraction of sp³-hybridized carbons (Fsp3) is 0.765. The average Bonchev–Trinajstić information content (AvgIpc) is 2.39. The number of hydrogen-bond donors (Lipinski definition) is 1. The van der Waals surface area contributed by atoms with Crippen molar-refractivity contribution in [3.8, 4) is 12.3 Å². The van der Waals surface area contributed by atoms with E-state index in [2.05, 4.69) is 12.8 Å². The maximum atomic E-state index is 9.10. The number of terminal acetylenes is 1. The van der Waals surface area contributed by atoms with E-state index < -0.39 is 6.10 Å². The maximum Gasteiger partial charge on any atom is 0.133 e. The minimum atomic E-state index is -0.701. The van der Waals surface area contributed by atoms with Crippen molar-refractivity contribution in [2.75, 3.05) is 0 Å². The Morgan fingerprint density at radius 1 is 0.944 bits per heavy atom. The first-order chi connectivity index (χ1) is 8.81. The molecule has 0 unspecified atom stereocenters. The SMILES string of the molecule is C#C[C@H](O)/C=C/CCCCCCCCCCCC. The maximum absolute atomic E-state index is 9.10. The number of aliphatic hydroxyl groups excluding tert-OH is 1. The van der Waals surface area contributed by atoms with Crippen molar-refractivity contribution < 1.29 is 5.11 Å². The molecule has 0 rings (SSSR count). The zero-order valence-corrected chi connectivity index (χ0v) is 12.0. The molecule has 0 heterocycles. The van der Waals surface area contributed by atoms with Crippen molar-refractivity contribution in [3.63, 3.8) is 0 Å². The highest BCUT2D eigenvalue weighted by molar-refractivity contribution is 5.05. The smallest absolute Gasteiger partial charge is 0.133 e. The summed E-state index contributed by atoms with van der Waals surface area (Å²) in [6.45, 7) is 2.26. The van der Waals surface area contributed by atoms with Crippen molar-refractivity contribution in [2.45, 2.75) is 83.7 Å². The van der Waals surface area contributed by atoms with Crippen LogP contribution in [0.4, 0.5) is 0 Å². The van der Waals surface area contributed by atoms with E-state index in [9.17, 15) is 0 Å². The fourth-order valence-corrected chi connectivity index (χ4v) is 2.03. The third-order valence-electron chi connectivity index (χ3n) is 3.21. The minimum Gasteiger partial charge on any atom is -0.377 e. The fourth-order valence-electron chi connectivity index (χ4n) is 2.03. The Labute approximate surface area is 114 Å². The molecule has 0 aliphatic carbocycles. The average molecular weight is 250 g/mol. The van der Waals surface area contributed by atoms with Crippen molar-refractivity contribution in [1.82, 2.24) is 0 Å². The first-order valence-corrected chi connectivity index (χ1v) is 7.62. The van der Waals surface area contributed by atoms with E-state index in [-0.39, 0.29) is 0 Å². The van der Waals surface area contributed by atoms with Gasteiger partial charge in [-0.25, -0.2) is 0 Å². The molecule has 0 aromatic heterocycles. The summed E-state index contributed by atoms with van der Waals surface area (Å²) in [6, 6.07) is 0. The molecule has 1 heteroatoms. The summed E-state index contributed by atoms with van der Waals surface area (Å²) >= 11 is 0. The van der Waals surface area contributed by atoms with Gasteiger partial charge in [-0.1, -0.05) is 76.7 Å². The molecule has 0 spiro atoms. The first-order valence-electron chi connectivity index (χ1n) is 7.62. The van der Waals surface area contributed by atoms with E-state index >= 15 is 0 Å². The van der Waals surface area contributed by atoms with Crippen LogP contribution >= 0.6 is 0 Å². The zero-order chi connectivity index (χ0) is 13.5. The van der Waals surface area contributed by atoms with E-state index in [0.717, 1.165) is 6.42 Å². The summed E-state index contributed by atoms with van der Waals surface area (Å²) in [5, 5.41) is 9.10. The Morgan fingerprint density at radius 3 is 1.94 bits per heavy atom. The Hall–Kier alpha value is -0.740. The van der Waals surface area contributed by atoms with Gasteiger partial charge in [-0.05, 0) is 18.9 Å². The van der Waals surface area contributed by atoms with Crippen LogP contribution in [0.2, 0.25) is 0 Å². The summed E-state index contributed by atoms with van der Waals surface area (Å²) in [4.78, 5) is 0. The lowest BCUT2D eigenvalue weighted by atomic mass is 10.1. The van der Waals surface area contributed by atoms with Gasteiger partial charge in [0.15, 0.2) is 0 Å². The molecule has 0 aromatic rings. The summed E-state index contributed by atoms with van der Waals surface area (Å²) in [7, 11) is 0. The Balaban J connectivity index is 3.08. The summed E-state index contributed by atoms with van der Waals surface area (Å²) in [6.07, 6.45) is 22.7. The third-order valence-corrected chi connectivity index (χ3v) is 3.21. The van der Waals surface area contributed by atoms with Crippen molar-refractivity contribution in [3.05, 3.63) is 12.2 Å². The normalized spacial score (nSPS) is 12.7. The van der Waals surface area contributed by atoms with Crippen molar-refractivity contribution >= 4 is 0 Å². The van der Waals surface area contributed by atoms with E-state index in [0.29, 0.717) is 0 Å². The van der Waals surface area contributed by atoms with Gasteiger partial charge >= 0.3 is 0 Å². The largest absolute Gasteiger partial charge is 0.377 e. The first kappa shape index (κ1) is 17.3. The molecule has 1 nitrogen and oxygen atoms in total. The van der Waals surface area contributed by atoms with E-state index in [1.807, 2.05) is 6.08 Å². The molecule has 0 bridgehead atoms. The molecule has 0 fully saturated rings. The predicted octanol–water partition coefficient (Wildman–Crippen LogP) is 4.85. The second-order valence-corrected chi connectivity index (χ2v) is 5.01. The third kappa shape index (κ3) is 13.3. The van der Waals surface area contributed by atoms with Crippen LogP contribution in [-0.2, 0) is 0 Å². The molecule has 0 aliphatic rings. The van der Waals surface area contributed by atoms with Gasteiger partial charge in [0.25, 0.3) is 0 Å². The van der Waals surface area contributed by atoms with Crippen LogP contribution in [-0.4, -0.2) is 11.2 Å². The Morgan fingerprint density at radius 2 is 1.44 bits per heavy atom. The molecular weight excluding hydrogens is 220 g/mol. The molecule has 0 saturated carbocycles. The van der Waals surface area contributed by atoms with Crippen molar-refractivity contribution in [1.29, 1.82) is 0 Å². The van der Waals surface area contributed by atoms with Gasteiger partial charge in [0.1, 0.15) is 6.10 Å². The number of aliphatic hydroxyl groups is 1. The highest BCUT2D eigenvalue weighted by atomic mass is 16.3. The molecule has 104 valence electrons. The van der Waals surface area contributed by atoms with Gasteiger partial charge in [-0.3, -0.25) is 0 Å². The second kappa shape index (κ2) is 14.3. The van der Waals surface area contributed by atoms with Crippen LogP contribution in [0.25, 0.3) is 0 Å². The van der Waals surface area contributed by atoms with E-state index in [1.54, 1.807) is 6.08 Å². The number of unbranched alkanes of at least 4 members (excludes halogenated alkanes) is 10. The van der Waals surface area contributed by atoms with E-state index in [4.69, 9.17) is 11.5 Å². The predicted molar refractivity (Wildman–Crippen MR) is 80.4 cm³/mol. The molecular formula is C17H30O. The summed E-state index contributed by atoms with van der Waals surface area (Å²) in [5.41, 5.74) is 0. The Bertz CT molecular complexity index is 224. The van der Waals surface area contributed by atoms with Crippen LogP contribution in [0.3, 0.4) is 0 Å². The van der Waals surface area contributed by atoms with Gasteiger partial charge in [0, 0.05) is 0 Å². The molecule has 0 radical (unpaired) electrons. The standard InChI is InChI=1S/C17H30O/c1-3-5-6-7-8-9-10-11-12-13-14-15-16-17(18)4-2/h2,15-18H,3,5-14H2,1H3/b16-15+/t17-/m0/s1. The quantitative estimate of drug-likeness (QED) is 0.298. The van der Waals surface area contributed by atoms with Crippen LogP contribution in [0.15, 0.2) is 12.2 Å². The molecule has 0 amide bonds. The highest BCUT2D eigenvalue weighted by Crippen LogP contribution is 2.11. The zero-order valence-electron chi connectivity index (χ0n) is 12.0. The van der Waals surface area contributed by atoms with Crippen LogP contribution in [0.1, 0.15) is 77.6 Å². The van der Waals surface area contributed by atoms with Gasteiger partial charge in [0.05, 0.1) is 0 Å². The molecule has 0 saturated heterocycles. The molecule has 18 heavy (non-hydrogen) atoms. The number of allylic oxidation sites excluding steroid dienone is 1. The highest BCUT2D eigenvalue weighted by Gasteiger charge is 1.92. The number of rotatable bonds is 12. The lowest BCUT2D eigenvalue weighted by molar-refractivity contribution is 0.280. The van der Waals surface area contributed by atoms with E-state index in [1.165, 1.54) is 64.2 Å². The van der Waals surface area contributed by atoms with Gasteiger partial charge < -0.3 is 5.11 Å². The topological polar surface area (TPSA) is 20.2 Å². The summed E-state index contributed by atoms with van der Waals surface area (Å²) in [5.74, 6) is 2.27. The second-order valence-electron chi connectivity index (χ2n) is 5.01. The Kier molecular flexibility index (Phi) is 13.7. The van der Waals surface area contributed by atoms with Crippen LogP contribution in [0.5, 0.6) is 0 Å². The van der Waals surface area contributed by atoms with Gasteiger partial charge in [-0.15, -0.1) is 6.42 Å². The van der Waals surface area contributed by atoms with Crippen molar-refractivity contribution in [2.24, 2.45) is 0 Å². The summed E-state index contributed by atoms with van der Waals surface area (Å²) < 4.78 is 0. The lowest BCUT2D eigenvalue weighted by Gasteiger charge is -2.01. The number of hydrogen-bond acceptors (Lipinski definition) is 1. The molecule has 0 aromatic carbocycles. The molecule has 1 N–H and O–H groups in total. The van der Waals surface area contributed by atoms with Crippen LogP contribution in [0, 0.1) is 12.3 Å².